The van der Waals surface area contributed by atoms with Gasteiger partial charge < -0.3 is 14.2 Å². The molecule has 0 amide bonds. The van der Waals surface area contributed by atoms with E-state index in [0.717, 1.165) is 43.4 Å². The number of esters is 2. The van der Waals surface area contributed by atoms with Crippen molar-refractivity contribution in [2.24, 2.45) is 35.0 Å². The number of ether oxygens (including phenoxy) is 3. The van der Waals surface area contributed by atoms with E-state index >= 15 is 0 Å². The second-order valence-corrected chi connectivity index (χ2v) is 13.1. The molecule has 3 atom stereocenters. The van der Waals surface area contributed by atoms with Crippen molar-refractivity contribution >= 4 is 11.9 Å². The van der Waals surface area contributed by atoms with Crippen LogP contribution < -0.4 is 0 Å². The number of hydrogen-bond donors (Lipinski definition) is 0. The van der Waals surface area contributed by atoms with E-state index in [0.29, 0.717) is 32.1 Å². The maximum atomic E-state index is 14.0. The summed E-state index contributed by atoms with van der Waals surface area (Å²) in [7, 11) is 0. The predicted octanol–water partition coefficient (Wildman–Crippen LogP) is 5.79. The molecule has 0 aromatic carbocycles. The van der Waals surface area contributed by atoms with Crippen molar-refractivity contribution in [3.63, 3.8) is 0 Å². The molecule has 0 heterocycles. The second-order valence-electron chi connectivity index (χ2n) is 13.1. The van der Waals surface area contributed by atoms with E-state index in [1.807, 2.05) is 6.92 Å². The smallest absolute Gasteiger partial charge is 0.377 e. The first-order valence-corrected chi connectivity index (χ1v) is 13.5. The topological polar surface area (TPSA) is 61.8 Å². The van der Waals surface area contributed by atoms with Gasteiger partial charge in [-0.15, -0.1) is 0 Å². The minimum atomic E-state index is -3.49. The number of halogens is 2. The molecule has 8 bridgehead atoms. The van der Waals surface area contributed by atoms with E-state index in [-0.39, 0.29) is 23.4 Å². The summed E-state index contributed by atoms with van der Waals surface area (Å²) in [5.74, 6) is -2.58. The molecule has 8 rings (SSSR count). The molecule has 0 aliphatic heterocycles. The Labute approximate surface area is 200 Å². The third-order valence-electron chi connectivity index (χ3n) is 10.2. The lowest BCUT2D eigenvalue weighted by molar-refractivity contribution is -0.259. The van der Waals surface area contributed by atoms with E-state index in [9.17, 15) is 18.4 Å². The molecule has 34 heavy (non-hydrogen) atoms. The molecule has 3 unspecified atom stereocenters. The second kappa shape index (κ2) is 7.63. The summed E-state index contributed by atoms with van der Waals surface area (Å²) in [6.07, 6.45) is 9.75. The third-order valence-corrected chi connectivity index (χ3v) is 10.2. The zero-order chi connectivity index (χ0) is 23.9. The highest BCUT2D eigenvalue weighted by molar-refractivity contribution is 5.79. The Morgan fingerprint density at radius 1 is 0.853 bits per heavy atom. The van der Waals surface area contributed by atoms with E-state index in [4.69, 9.17) is 14.2 Å². The highest BCUT2D eigenvalue weighted by Gasteiger charge is 2.64. The maximum Gasteiger partial charge on any atom is 0.377 e. The van der Waals surface area contributed by atoms with E-state index < -0.39 is 35.6 Å². The summed E-state index contributed by atoms with van der Waals surface area (Å²) in [5, 5.41) is 0. The maximum absolute atomic E-state index is 14.0. The highest BCUT2D eigenvalue weighted by atomic mass is 19.3. The molecule has 0 saturated heterocycles. The van der Waals surface area contributed by atoms with Crippen LogP contribution in [-0.2, 0) is 23.8 Å². The van der Waals surface area contributed by atoms with Crippen molar-refractivity contribution in [2.75, 3.05) is 0 Å². The first kappa shape index (κ1) is 23.2. The van der Waals surface area contributed by atoms with Crippen LogP contribution in [0.4, 0.5) is 8.78 Å². The summed E-state index contributed by atoms with van der Waals surface area (Å²) in [6.45, 7) is 3.11. The Morgan fingerprint density at radius 2 is 1.35 bits per heavy atom. The molecule has 190 valence electrons. The largest absolute Gasteiger partial charge is 0.455 e. The molecule has 8 saturated carbocycles. The molecule has 7 heteroatoms. The third kappa shape index (κ3) is 3.79. The van der Waals surface area contributed by atoms with Crippen molar-refractivity contribution in [3.05, 3.63) is 0 Å². The fourth-order valence-corrected chi connectivity index (χ4v) is 9.78. The molecule has 0 aromatic heterocycles. The van der Waals surface area contributed by atoms with Crippen molar-refractivity contribution in [1.82, 2.24) is 0 Å². The first-order chi connectivity index (χ1) is 16.0. The van der Waals surface area contributed by atoms with Gasteiger partial charge in [0.25, 0.3) is 0 Å². The quantitative estimate of drug-likeness (QED) is 0.341. The Balaban J connectivity index is 1.15. The van der Waals surface area contributed by atoms with Crippen molar-refractivity contribution in [2.45, 2.75) is 121 Å². The fourth-order valence-electron chi connectivity index (χ4n) is 9.78. The number of hydrogen-bond acceptors (Lipinski definition) is 5. The van der Waals surface area contributed by atoms with Gasteiger partial charge in [-0.05, 0) is 107 Å². The molecular weight excluding hydrogens is 442 g/mol. The average Bonchev–Trinajstić information content (AvgIpc) is 2.70. The van der Waals surface area contributed by atoms with Crippen LogP contribution in [0.2, 0.25) is 0 Å². The summed E-state index contributed by atoms with van der Waals surface area (Å²) in [4.78, 5) is 25.9. The van der Waals surface area contributed by atoms with Gasteiger partial charge in [-0.2, -0.15) is 8.78 Å². The SMILES string of the molecule is CCC(F)(F)C(=O)OC12CC3CC(C1)CC(C(=O)OC(C)OC14CC5CC(CC(C5)C1)C4)(C3)C2. The lowest BCUT2D eigenvalue weighted by atomic mass is 9.48. The summed E-state index contributed by atoms with van der Waals surface area (Å²) >= 11 is 0. The predicted molar refractivity (Wildman–Crippen MR) is 119 cm³/mol. The van der Waals surface area contributed by atoms with Gasteiger partial charge in [-0.3, -0.25) is 4.79 Å². The molecule has 0 aromatic rings. The Kier molecular flexibility index (Phi) is 5.20. The minimum Gasteiger partial charge on any atom is -0.455 e. The molecule has 8 aliphatic carbocycles. The van der Waals surface area contributed by atoms with Crippen molar-refractivity contribution in [3.8, 4) is 0 Å². The zero-order valence-corrected chi connectivity index (χ0v) is 20.5. The van der Waals surface area contributed by atoms with Gasteiger partial charge in [0.2, 0.25) is 6.29 Å². The summed E-state index contributed by atoms with van der Waals surface area (Å²) < 4.78 is 46.1. The van der Waals surface area contributed by atoms with E-state index in [1.54, 1.807) is 0 Å². The highest BCUT2D eigenvalue weighted by Crippen LogP contribution is 2.64. The molecule has 5 nitrogen and oxygen atoms in total. The first-order valence-electron chi connectivity index (χ1n) is 13.5. The zero-order valence-electron chi connectivity index (χ0n) is 20.5. The average molecular weight is 481 g/mol. The van der Waals surface area contributed by atoms with E-state index in [2.05, 4.69) is 0 Å². The number of alkyl halides is 2. The Bertz CT molecular complexity index is 820. The van der Waals surface area contributed by atoms with Gasteiger partial charge in [0.05, 0.1) is 11.0 Å². The van der Waals surface area contributed by atoms with Crippen LogP contribution in [0.1, 0.15) is 97.3 Å². The molecule has 8 fully saturated rings. The van der Waals surface area contributed by atoms with Gasteiger partial charge in [0.1, 0.15) is 5.60 Å². The van der Waals surface area contributed by atoms with Crippen molar-refractivity contribution in [1.29, 1.82) is 0 Å². The van der Waals surface area contributed by atoms with Gasteiger partial charge in [-0.25, -0.2) is 4.79 Å². The standard InChI is InChI=1S/C27H38F2O5/c1-3-27(28,29)23(31)34-26-13-20-7-21(14-26)9-24(8-20,15-26)22(30)32-16(2)33-25-10-17-4-18(11-25)6-19(5-17)12-25/h16-21H,3-15H2,1-2H3. The van der Waals surface area contributed by atoms with Gasteiger partial charge in [0, 0.05) is 12.8 Å². The number of rotatable bonds is 7. The Hall–Kier alpha value is -1.24. The molecule has 0 radical (unpaired) electrons. The minimum absolute atomic E-state index is 0.154. The van der Waals surface area contributed by atoms with Crippen molar-refractivity contribution < 1.29 is 32.6 Å². The van der Waals surface area contributed by atoms with Crippen LogP contribution in [0.3, 0.4) is 0 Å². The monoisotopic (exact) mass is 480 g/mol. The van der Waals surface area contributed by atoms with E-state index in [1.165, 1.54) is 26.2 Å². The van der Waals surface area contributed by atoms with Gasteiger partial charge in [0.15, 0.2) is 0 Å². The van der Waals surface area contributed by atoms with Crippen LogP contribution in [0.5, 0.6) is 0 Å². The Morgan fingerprint density at radius 3 is 1.88 bits per heavy atom. The number of carbonyl (C=O) groups is 2. The fraction of sp³-hybridized carbons (Fsp3) is 0.926. The molecule has 0 spiro atoms. The summed E-state index contributed by atoms with van der Waals surface area (Å²) in [5.41, 5.74) is -1.88. The van der Waals surface area contributed by atoms with Crippen LogP contribution in [0.25, 0.3) is 0 Å². The van der Waals surface area contributed by atoms with Crippen LogP contribution in [0, 0.1) is 35.0 Å². The lowest BCUT2D eigenvalue weighted by Gasteiger charge is -2.60. The molecular formula is C27H38F2O5. The molecule has 0 N–H and O–H groups in total. The summed E-state index contributed by atoms with van der Waals surface area (Å²) in [6, 6.07) is 0. The van der Waals surface area contributed by atoms with Gasteiger partial charge >= 0.3 is 17.9 Å². The van der Waals surface area contributed by atoms with Gasteiger partial charge in [-0.1, -0.05) is 6.92 Å². The van der Waals surface area contributed by atoms with Crippen LogP contribution in [0.15, 0.2) is 0 Å². The molecule has 8 aliphatic rings. The van der Waals surface area contributed by atoms with Crippen LogP contribution >= 0.6 is 0 Å². The normalized spacial score (nSPS) is 47.0. The lowest BCUT2D eigenvalue weighted by Crippen LogP contribution is -2.61. The van der Waals surface area contributed by atoms with Crippen LogP contribution in [-0.4, -0.2) is 35.4 Å². The number of carbonyl (C=O) groups excluding carboxylic acids is 2.